The van der Waals surface area contributed by atoms with Crippen molar-refractivity contribution in [1.29, 1.82) is 0 Å². The third-order valence-electron chi connectivity index (χ3n) is 2.82. The second-order valence-electron chi connectivity index (χ2n) is 4.10. The molecule has 0 saturated carbocycles. The second-order valence-corrected chi connectivity index (χ2v) is 4.10. The van der Waals surface area contributed by atoms with Crippen LogP contribution in [0.5, 0.6) is 0 Å². The molecule has 0 saturated heterocycles. The fraction of sp³-hybridized carbons (Fsp3) is 0.333. The van der Waals surface area contributed by atoms with Gasteiger partial charge in [-0.05, 0) is 25.0 Å². The molecule has 1 aromatic rings. The highest BCUT2D eigenvalue weighted by Crippen LogP contribution is 2.31. The van der Waals surface area contributed by atoms with Crippen molar-refractivity contribution in [1.82, 2.24) is 5.32 Å². The summed E-state index contributed by atoms with van der Waals surface area (Å²) in [7, 11) is 0. The zero-order chi connectivity index (χ0) is 12.4. The Hall–Kier alpha value is -2.04. The minimum atomic E-state index is -1.04. The van der Waals surface area contributed by atoms with E-state index in [1.165, 1.54) is 0 Å². The van der Waals surface area contributed by atoms with Crippen LogP contribution in [0.4, 0.5) is 10.5 Å². The zero-order valence-electron chi connectivity index (χ0n) is 9.51. The molecule has 2 N–H and O–H groups in total. The first-order valence-electron chi connectivity index (χ1n) is 5.46. The molecule has 1 aromatic carbocycles. The summed E-state index contributed by atoms with van der Waals surface area (Å²) in [6.45, 7) is 1.59. The van der Waals surface area contributed by atoms with Crippen molar-refractivity contribution in [2.45, 2.75) is 19.4 Å². The number of amides is 2. The molecule has 5 heteroatoms. The van der Waals surface area contributed by atoms with Crippen LogP contribution >= 0.6 is 0 Å². The predicted molar refractivity (Wildman–Crippen MR) is 63.1 cm³/mol. The average molecular weight is 234 g/mol. The van der Waals surface area contributed by atoms with E-state index in [1.54, 1.807) is 4.90 Å². The maximum Gasteiger partial charge on any atom is 0.323 e. The van der Waals surface area contributed by atoms with Crippen LogP contribution in [-0.2, 0) is 11.2 Å². The Morgan fingerprint density at radius 3 is 2.88 bits per heavy atom. The van der Waals surface area contributed by atoms with Gasteiger partial charge < -0.3 is 10.4 Å². The summed E-state index contributed by atoms with van der Waals surface area (Å²) in [5, 5.41) is 10.9. The van der Waals surface area contributed by atoms with E-state index in [4.69, 9.17) is 5.11 Å². The van der Waals surface area contributed by atoms with Gasteiger partial charge >= 0.3 is 12.0 Å². The number of nitrogens with zero attached hydrogens (tertiary/aromatic N) is 1. The Labute approximate surface area is 99.0 Å². The molecule has 1 aliphatic rings. The number of benzene rings is 1. The molecule has 0 bridgehead atoms. The summed E-state index contributed by atoms with van der Waals surface area (Å²) in [5.41, 5.74) is 1.98. The van der Waals surface area contributed by atoms with Crippen LogP contribution in [0, 0.1) is 0 Å². The van der Waals surface area contributed by atoms with Crippen LogP contribution in [-0.4, -0.2) is 29.7 Å². The first kappa shape index (κ1) is 11.4. The maximum absolute atomic E-state index is 11.9. The fourth-order valence-electron chi connectivity index (χ4n) is 2.11. The zero-order valence-corrected chi connectivity index (χ0v) is 9.51. The number of urea groups is 1. The van der Waals surface area contributed by atoms with E-state index in [0.29, 0.717) is 0 Å². The Kier molecular flexibility index (Phi) is 2.99. The van der Waals surface area contributed by atoms with E-state index < -0.39 is 5.97 Å². The average Bonchev–Trinajstić information content (AvgIpc) is 2.61. The number of hydrogen-bond acceptors (Lipinski definition) is 2. The van der Waals surface area contributed by atoms with Crippen molar-refractivity contribution in [2.75, 3.05) is 11.4 Å². The Morgan fingerprint density at radius 1 is 1.47 bits per heavy atom. The number of carbonyl (C=O) groups excluding carboxylic acids is 1. The second kappa shape index (κ2) is 4.45. The third-order valence-corrected chi connectivity index (χ3v) is 2.82. The van der Waals surface area contributed by atoms with Crippen LogP contribution in [0.25, 0.3) is 0 Å². The lowest BCUT2D eigenvalue weighted by molar-refractivity contribution is -0.135. The normalized spacial score (nSPS) is 17.7. The number of nitrogens with one attached hydrogen (secondary N) is 1. The minimum absolute atomic E-state index is 0.0567. The first-order valence-corrected chi connectivity index (χ1v) is 5.46. The molecule has 2 rings (SSSR count). The number of rotatable bonds is 2. The lowest BCUT2D eigenvalue weighted by atomic mass is 10.1. The molecule has 1 aliphatic heterocycles. The van der Waals surface area contributed by atoms with E-state index in [-0.39, 0.29) is 18.6 Å². The van der Waals surface area contributed by atoms with Gasteiger partial charge in [-0.2, -0.15) is 0 Å². The van der Waals surface area contributed by atoms with E-state index in [1.807, 2.05) is 31.2 Å². The SMILES string of the molecule is CC1Cc2ccccc2N1C(=O)NCC(=O)O. The molecule has 5 nitrogen and oxygen atoms in total. The molecular formula is C12H14N2O3. The summed E-state index contributed by atoms with van der Waals surface area (Å²) in [5.74, 6) is -1.04. The van der Waals surface area contributed by atoms with Crippen molar-refractivity contribution in [3.63, 3.8) is 0 Å². The summed E-state index contributed by atoms with van der Waals surface area (Å²) >= 11 is 0. The van der Waals surface area contributed by atoms with Crippen LogP contribution in [0.3, 0.4) is 0 Å². The van der Waals surface area contributed by atoms with E-state index in [9.17, 15) is 9.59 Å². The highest BCUT2D eigenvalue weighted by molar-refractivity contribution is 5.96. The van der Waals surface area contributed by atoms with Gasteiger partial charge in [0.15, 0.2) is 0 Å². The van der Waals surface area contributed by atoms with Gasteiger partial charge in [0.05, 0.1) is 0 Å². The number of aliphatic carboxylic acids is 1. The number of anilines is 1. The molecule has 0 spiro atoms. The smallest absolute Gasteiger partial charge is 0.323 e. The highest BCUT2D eigenvalue weighted by Gasteiger charge is 2.30. The van der Waals surface area contributed by atoms with Gasteiger partial charge in [-0.15, -0.1) is 0 Å². The molecule has 1 atom stereocenters. The summed E-state index contributed by atoms with van der Waals surface area (Å²) in [6.07, 6.45) is 0.802. The highest BCUT2D eigenvalue weighted by atomic mass is 16.4. The molecule has 90 valence electrons. The first-order chi connectivity index (χ1) is 8.09. The van der Waals surface area contributed by atoms with E-state index in [0.717, 1.165) is 17.7 Å². The van der Waals surface area contributed by atoms with E-state index >= 15 is 0 Å². The number of carboxylic acids is 1. The molecule has 1 heterocycles. The minimum Gasteiger partial charge on any atom is -0.480 e. The van der Waals surface area contributed by atoms with Gasteiger partial charge in [0, 0.05) is 11.7 Å². The standard InChI is InChI=1S/C12H14N2O3/c1-8-6-9-4-2-3-5-10(9)14(8)12(17)13-7-11(15)16/h2-5,8H,6-7H2,1H3,(H,13,17)(H,15,16). The number of para-hydroxylation sites is 1. The van der Waals surface area contributed by atoms with Crippen molar-refractivity contribution in [2.24, 2.45) is 0 Å². The Balaban J connectivity index is 2.16. The Bertz CT molecular complexity index is 459. The van der Waals surface area contributed by atoms with Gasteiger partial charge in [-0.1, -0.05) is 18.2 Å². The van der Waals surface area contributed by atoms with Gasteiger partial charge in [0.2, 0.25) is 0 Å². The molecule has 0 aromatic heterocycles. The molecule has 1 unspecified atom stereocenters. The van der Waals surface area contributed by atoms with E-state index in [2.05, 4.69) is 5.32 Å². The summed E-state index contributed by atoms with van der Waals surface area (Å²) in [4.78, 5) is 23.9. The third kappa shape index (κ3) is 2.22. The van der Waals surface area contributed by atoms with Crippen molar-refractivity contribution in [3.8, 4) is 0 Å². The van der Waals surface area contributed by atoms with Crippen molar-refractivity contribution in [3.05, 3.63) is 29.8 Å². The Morgan fingerprint density at radius 2 is 2.18 bits per heavy atom. The monoisotopic (exact) mass is 234 g/mol. The molecule has 0 fully saturated rings. The van der Waals surface area contributed by atoms with Crippen LogP contribution in [0.1, 0.15) is 12.5 Å². The number of hydrogen-bond donors (Lipinski definition) is 2. The number of carbonyl (C=O) groups is 2. The van der Waals surface area contributed by atoms with Crippen LogP contribution in [0.2, 0.25) is 0 Å². The molecular weight excluding hydrogens is 220 g/mol. The number of fused-ring (bicyclic) bond motifs is 1. The molecule has 17 heavy (non-hydrogen) atoms. The molecule has 0 radical (unpaired) electrons. The summed E-state index contributed by atoms with van der Waals surface area (Å²) in [6, 6.07) is 7.36. The van der Waals surface area contributed by atoms with Crippen molar-refractivity contribution < 1.29 is 14.7 Å². The fourth-order valence-corrected chi connectivity index (χ4v) is 2.11. The van der Waals surface area contributed by atoms with Gasteiger partial charge in [0.1, 0.15) is 6.54 Å². The van der Waals surface area contributed by atoms with Crippen LogP contribution in [0.15, 0.2) is 24.3 Å². The van der Waals surface area contributed by atoms with Gasteiger partial charge in [-0.25, -0.2) is 4.79 Å². The number of carboxylic acid groups (broad SMARTS) is 1. The maximum atomic E-state index is 11.9. The summed E-state index contributed by atoms with van der Waals surface area (Å²) < 4.78 is 0. The van der Waals surface area contributed by atoms with Gasteiger partial charge in [0.25, 0.3) is 0 Å². The molecule has 0 aliphatic carbocycles. The predicted octanol–water partition coefficient (Wildman–Crippen LogP) is 1.23. The largest absolute Gasteiger partial charge is 0.480 e. The van der Waals surface area contributed by atoms with Crippen LogP contribution < -0.4 is 10.2 Å². The van der Waals surface area contributed by atoms with Crippen molar-refractivity contribution >= 4 is 17.7 Å². The van der Waals surface area contributed by atoms with Gasteiger partial charge in [-0.3, -0.25) is 9.69 Å². The molecule has 2 amide bonds. The topological polar surface area (TPSA) is 69.6 Å². The lowest BCUT2D eigenvalue weighted by Crippen LogP contribution is -2.44. The lowest BCUT2D eigenvalue weighted by Gasteiger charge is -2.22. The quantitative estimate of drug-likeness (QED) is 0.808.